The summed E-state index contributed by atoms with van der Waals surface area (Å²) in [6.45, 7) is 1.74. The van der Waals surface area contributed by atoms with Crippen LogP contribution in [-0.2, 0) is 16.1 Å². The Morgan fingerprint density at radius 3 is 2.27 bits per heavy atom. The lowest BCUT2D eigenvalue weighted by Gasteiger charge is -2.20. The zero-order chi connectivity index (χ0) is 15.9. The van der Waals surface area contributed by atoms with E-state index in [1.54, 1.807) is 0 Å². The molecular weight excluding hydrogens is 283 g/mol. The Bertz CT molecular complexity index is 641. The highest BCUT2D eigenvalue weighted by molar-refractivity contribution is 5.94. The Hall–Kier alpha value is -2.69. The first kappa shape index (κ1) is 15.7. The van der Waals surface area contributed by atoms with Gasteiger partial charge in [-0.15, -0.1) is 0 Å². The number of halogens is 1. The third-order valence-corrected chi connectivity index (χ3v) is 3.12. The van der Waals surface area contributed by atoms with Crippen LogP contribution in [0.15, 0.2) is 54.6 Å². The van der Waals surface area contributed by atoms with Gasteiger partial charge in [-0.05, 0) is 29.8 Å². The van der Waals surface area contributed by atoms with Crippen molar-refractivity contribution in [3.63, 3.8) is 0 Å². The van der Waals surface area contributed by atoms with Crippen LogP contribution in [0.4, 0.5) is 10.1 Å². The number of nitrogens with one attached hydrogen (secondary N) is 1. The van der Waals surface area contributed by atoms with E-state index in [0.717, 1.165) is 5.56 Å². The Morgan fingerprint density at radius 1 is 1.05 bits per heavy atom. The molecule has 0 atom stereocenters. The van der Waals surface area contributed by atoms with Gasteiger partial charge in [0.15, 0.2) is 0 Å². The molecule has 2 amide bonds. The van der Waals surface area contributed by atoms with Gasteiger partial charge in [0.1, 0.15) is 12.4 Å². The van der Waals surface area contributed by atoms with Gasteiger partial charge < -0.3 is 10.2 Å². The van der Waals surface area contributed by atoms with Gasteiger partial charge >= 0.3 is 0 Å². The average molecular weight is 300 g/mol. The predicted molar refractivity (Wildman–Crippen MR) is 82.6 cm³/mol. The van der Waals surface area contributed by atoms with Gasteiger partial charge in [-0.25, -0.2) is 4.39 Å². The van der Waals surface area contributed by atoms with Gasteiger partial charge in [0.25, 0.3) is 0 Å². The van der Waals surface area contributed by atoms with Gasteiger partial charge in [-0.2, -0.15) is 0 Å². The summed E-state index contributed by atoms with van der Waals surface area (Å²) in [5.41, 5.74) is 1.45. The molecule has 2 aromatic rings. The van der Waals surface area contributed by atoms with Crippen LogP contribution in [0.3, 0.4) is 0 Å². The van der Waals surface area contributed by atoms with E-state index in [1.807, 2.05) is 30.3 Å². The van der Waals surface area contributed by atoms with E-state index in [9.17, 15) is 14.0 Å². The number of hydrogen-bond donors (Lipinski definition) is 1. The molecule has 0 bridgehead atoms. The Kier molecular flexibility index (Phi) is 5.25. The number of nitrogens with zero attached hydrogens (tertiary/aromatic N) is 1. The van der Waals surface area contributed by atoms with Crippen LogP contribution in [0.5, 0.6) is 0 Å². The highest BCUT2D eigenvalue weighted by Gasteiger charge is 2.14. The number of rotatable bonds is 5. The molecule has 0 spiro atoms. The number of anilines is 1. The zero-order valence-corrected chi connectivity index (χ0v) is 12.3. The molecular formula is C17H17FN2O2. The Balaban J connectivity index is 1.97. The molecule has 0 heterocycles. The van der Waals surface area contributed by atoms with E-state index in [-0.39, 0.29) is 24.2 Å². The second-order valence-corrected chi connectivity index (χ2v) is 4.92. The van der Waals surface area contributed by atoms with E-state index < -0.39 is 0 Å². The van der Waals surface area contributed by atoms with E-state index in [4.69, 9.17) is 0 Å². The fraction of sp³-hybridized carbons (Fsp3) is 0.176. The number of carbonyl (C=O) groups excluding carboxylic acids is 2. The number of benzene rings is 2. The van der Waals surface area contributed by atoms with Gasteiger partial charge in [0, 0.05) is 19.2 Å². The average Bonchev–Trinajstić information content (AvgIpc) is 2.50. The lowest BCUT2D eigenvalue weighted by Crippen LogP contribution is -2.36. The summed E-state index contributed by atoms with van der Waals surface area (Å²) >= 11 is 0. The predicted octanol–water partition coefficient (Wildman–Crippen LogP) is 2.81. The first-order valence-electron chi connectivity index (χ1n) is 6.89. The highest BCUT2D eigenvalue weighted by Crippen LogP contribution is 2.09. The molecule has 0 saturated carbocycles. The first-order chi connectivity index (χ1) is 10.5. The van der Waals surface area contributed by atoms with E-state index in [2.05, 4.69) is 5.32 Å². The first-order valence-corrected chi connectivity index (χ1v) is 6.89. The minimum absolute atomic E-state index is 0.0540. The molecule has 4 nitrogen and oxygen atoms in total. The van der Waals surface area contributed by atoms with Crippen LogP contribution in [0, 0.1) is 5.82 Å². The fourth-order valence-electron chi connectivity index (χ4n) is 1.99. The quantitative estimate of drug-likeness (QED) is 0.923. The third kappa shape index (κ3) is 4.70. The summed E-state index contributed by atoms with van der Waals surface area (Å²) in [6.07, 6.45) is 0. The van der Waals surface area contributed by atoms with Crippen molar-refractivity contribution in [1.29, 1.82) is 0 Å². The largest absolute Gasteiger partial charge is 0.329 e. The van der Waals surface area contributed by atoms with Crippen LogP contribution < -0.4 is 5.32 Å². The maximum atomic E-state index is 12.8. The van der Waals surface area contributed by atoms with Gasteiger partial charge in [0.2, 0.25) is 11.8 Å². The minimum atomic E-state index is -0.368. The van der Waals surface area contributed by atoms with Crippen molar-refractivity contribution in [3.8, 4) is 0 Å². The van der Waals surface area contributed by atoms with Gasteiger partial charge in [0.05, 0.1) is 0 Å². The standard InChI is InChI=1S/C17H17FN2O2/c1-13(21)20(11-14-5-3-2-4-6-14)12-17(22)19-16-9-7-15(18)8-10-16/h2-10H,11-12H2,1H3,(H,19,22). The van der Waals surface area contributed by atoms with Crippen molar-refractivity contribution in [2.45, 2.75) is 13.5 Å². The normalized spacial score (nSPS) is 10.1. The van der Waals surface area contributed by atoms with Crippen LogP contribution in [0.25, 0.3) is 0 Å². The summed E-state index contributed by atoms with van der Waals surface area (Å²) in [6, 6.07) is 14.9. The molecule has 2 aromatic carbocycles. The number of hydrogen-bond acceptors (Lipinski definition) is 2. The van der Waals surface area contributed by atoms with E-state index >= 15 is 0 Å². The Labute approximate surface area is 128 Å². The molecule has 0 saturated heterocycles. The lowest BCUT2D eigenvalue weighted by atomic mass is 10.2. The molecule has 0 aliphatic heterocycles. The maximum absolute atomic E-state index is 12.8. The fourth-order valence-corrected chi connectivity index (χ4v) is 1.99. The number of amides is 2. The highest BCUT2D eigenvalue weighted by atomic mass is 19.1. The summed E-state index contributed by atoms with van der Waals surface area (Å²) < 4.78 is 12.8. The van der Waals surface area contributed by atoms with Crippen LogP contribution >= 0.6 is 0 Å². The van der Waals surface area contributed by atoms with Gasteiger partial charge in [-0.1, -0.05) is 30.3 Å². The lowest BCUT2D eigenvalue weighted by molar-refractivity contribution is -0.133. The van der Waals surface area contributed by atoms with Crippen molar-refractivity contribution >= 4 is 17.5 Å². The van der Waals surface area contributed by atoms with Crippen molar-refractivity contribution in [2.24, 2.45) is 0 Å². The molecule has 2 rings (SSSR count). The van der Waals surface area contributed by atoms with E-state index in [0.29, 0.717) is 12.2 Å². The molecule has 5 heteroatoms. The smallest absolute Gasteiger partial charge is 0.244 e. The second kappa shape index (κ2) is 7.36. The van der Waals surface area contributed by atoms with Crippen LogP contribution in [0.1, 0.15) is 12.5 Å². The molecule has 0 aliphatic carbocycles. The second-order valence-electron chi connectivity index (χ2n) is 4.92. The van der Waals surface area contributed by atoms with Crippen molar-refractivity contribution in [2.75, 3.05) is 11.9 Å². The van der Waals surface area contributed by atoms with E-state index in [1.165, 1.54) is 36.1 Å². The monoisotopic (exact) mass is 300 g/mol. The van der Waals surface area contributed by atoms with Crippen molar-refractivity contribution in [3.05, 3.63) is 66.0 Å². The summed E-state index contributed by atoms with van der Waals surface area (Å²) in [7, 11) is 0. The van der Waals surface area contributed by atoms with Crippen molar-refractivity contribution in [1.82, 2.24) is 4.90 Å². The molecule has 22 heavy (non-hydrogen) atoms. The number of carbonyl (C=O) groups is 2. The molecule has 114 valence electrons. The SMILES string of the molecule is CC(=O)N(CC(=O)Nc1ccc(F)cc1)Cc1ccccc1. The third-order valence-electron chi connectivity index (χ3n) is 3.12. The molecule has 0 radical (unpaired) electrons. The Morgan fingerprint density at radius 2 is 1.68 bits per heavy atom. The minimum Gasteiger partial charge on any atom is -0.329 e. The van der Waals surface area contributed by atoms with Crippen molar-refractivity contribution < 1.29 is 14.0 Å². The topological polar surface area (TPSA) is 49.4 Å². The van der Waals surface area contributed by atoms with Crippen LogP contribution in [0.2, 0.25) is 0 Å². The molecule has 0 aliphatic rings. The van der Waals surface area contributed by atoms with Crippen LogP contribution in [-0.4, -0.2) is 23.3 Å². The molecule has 0 aromatic heterocycles. The maximum Gasteiger partial charge on any atom is 0.244 e. The van der Waals surface area contributed by atoms with Gasteiger partial charge in [-0.3, -0.25) is 9.59 Å². The zero-order valence-electron chi connectivity index (χ0n) is 12.3. The summed E-state index contributed by atoms with van der Waals surface area (Å²) in [4.78, 5) is 25.1. The molecule has 0 unspecified atom stereocenters. The summed E-state index contributed by atoms with van der Waals surface area (Å²) in [5, 5.41) is 2.64. The summed E-state index contributed by atoms with van der Waals surface area (Å²) in [5.74, 6) is -0.872. The molecule has 1 N–H and O–H groups in total. The molecule has 0 fully saturated rings.